The summed E-state index contributed by atoms with van der Waals surface area (Å²) in [7, 11) is 1.38. The van der Waals surface area contributed by atoms with Gasteiger partial charge in [-0.05, 0) is 24.5 Å². The first-order chi connectivity index (χ1) is 12.0. The predicted octanol–water partition coefficient (Wildman–Crippen LogP) is 4.23. The summed E-state index contributed by atoms with van der Waals surface area (Å²) < 4.78 is 49.9. The number of rotatable bonds is 7. The van der Waals surface area contributed by atoms with E-state index in [9.17, 15) is 23.1 Å². The minimum absolute atomic E-state index is 0.106. The summed E-state index contributed by atoms with van der Waals surface area (Å²) in [6.45, 7) is 8.37. The third-order valence-electron chi connectivity index (χ3n) is 3.95. The van der Waals surface area contributed by atoms with Gasteiger partial charge in [0.1, 0.15) is 5.75 Å². The number of hydrogen-bond donors (Lipinski definition) is 1. The maximum Gasteiger partial charge on any atom is 0.428 e. The van der Waals surface area contributed by atoms with Crippen molar-refractivity contribution in [2.75, 3.05) is 13.7 Å². The van der Waals surface area contributed by atoms with Gasteiger partial charge < -0.3 is 14.6 Å². The molecule has 0 heterocycles. The molecule has 0 fully saturated rings. The monoisotopic (exact) mass is 372 g/mol. The Morgan fingerprint density at radius 3 is 2.38 bits per heavy atom. The summed E-state index contributed by atoms with van der Waals surface area (Å²) in [6.07, 6.45) is -6.32. The molecule has 0 aliphatic carbocycles. The van der Waals surface area contributed by atoms with Crippen LogP contribution in [0.25, 0.3) is 5.57 Å². The SMILES string of the molecule is C=C=C(CC(O)(C(=O)OCC)C(F)(F)F)c1ccc(C(C)C)cc1OC. The van der Waals surface area contributed by atoms with E-state index in [1.165, 1.54) is 14.0 Å². The molecule has 4 nitrogen and oxygen atoms in total. The molecule has 0 bridgehead atoms. The topological polar surface area (TPSA) is 55.8 Å². The normalized spacial score (nSPS) is 13.7. The van der Waals surface area contributed by atoms with Gasteiger partial charge in [-0.25, -0.2) is 4.79 Å². The maximum absolute atomic E-state index is 13.4. The number of ether oxygens (including phenoxy) is 2. The fraction of sp³-hybridized carbons (Fsp3) is 0.474. The third-order valence-corrected chi connectivity index (χ3v) is 3.95. The molecule has 1 N–H and O–H groups in total. The van der Waals surface area contributed by atoms with Crippen molar-refractivity contribution >= 4 is 11.5 Å². The summed E-state index contributed by atoms with van der Waals surface area (Å²) in [4.78, 5) is 11.8. The van der Waals surface area contributed by atoms with E-state index in [4.69, 9.17) is 4.74 Å². The van der Waals surface area contributed by atoms with Crippen LogP contribution in [0.2, 0.25) is 0 Å². The first kappa shape index (κ1) is 21.8. The second-order valence-electron chi connectivity index (χ2n) is 6.03. The number of hydrogen-bond acceptors (Lipinski definition) is 4. The summed E-state index contributed by atoms with van der Waals surface area (Å²) in [6, 6.07) is 4.98. The smallest absolute Gasteiger partial charge is 0.428 e. The van der Waals surface area contributed by atoms with Gasteiger partial charge in [0.25, 0.3) is 5.60 Å². The Balaban J connectivity index is 3.39. The molecule has 1 aromatic rings. The van der Waals surface area contributed by atoms with Crippen molar-refractivity contribution < 1.29 is 32.5 Å². The number of esters is 1. The van der Waals surface area contributed by atoms with Crippen LogP contribution in [-0.2, 0) is 9.53 Å². The molecule has 1 atom stereocenters. The van der Waals surface area contributed by atoms with Gasteiger partial charge in [0.2, 0.25) is 0 Å². The highest BCUT2D eigenvalue weighted by atomic mass is 19.4. The van der Waals surface area contributed by atoms with Gasteiger partial charge in [-0.2, -0.15) is 13.2 Å². The van der Waals surface area contributed by atoms with Crippen molar-refractivity contribution in [3.63, 3.8) is 0 Å². The molecular formula is C19H23F3O4. The Hall–Kier alpha value is -2.24. The zero-order valence-electron chi connectivity index (χ0n) is 15.2. The third kappa shape index (κ3) is 4.48. The van der Waals surface area contributed by atoms with E-state index in [1.807, 2.05) is 13.8 Å². The molecular weight excluding hydrogens is 349 g/mol. The van der Waals surface area contributed by atoms with E-state index < -0.39 is 24.2 Å². The highest BCUT2D eigenvalue weighted by molar-refractivity contribution is 5.84. The molecule has 0 aliphatic heterocycles. The van der Waals surface area contributed by atoms with Crippen molar-refractivity contribution in [3.8, 4) is 5.75 Å². The molecule has 144 valence electrons. The standard InChI is InChI=1S/C19H23F3O4/c1-6-13(11-18(24,19(20,21)22)17(23)26-7-2)15-9-8-14(12(3)4)10-16(15)25-5/h8-10,12,24H,1,7,11H2,2-5H3. The Bertz CT molecular complexity index is 703. The van der Waals surface area contributed by atoms with Gasteiger partial charge in [-0.1, -0.05) is 32.6 Å². The molecule has 1 aromatic carbocycles. The number of carbonyl (C=O) groups is 1. The molecule has 26 heavy (non-hydrogen) atoms. The molecule has 0 aromatic heterocycles. The Morgan fingerprint density at radius 1 is 1.35 bits per heavy atom. The fourth-order valence-electron chi connectivity index (χ4n) is 2.36. The Morgan fingerprint density at radius 2 is 1.96 bits per heavy atom. The molecule has 0 amide bonds. The highest BCUT2D eigenvalue weighted by Gasteiger charge is 2.61. The minimum Gasteiger partial charge on any atom is -0.496 e. The van der Waals surface area contributed by atoms with E-state index in [0.717, 1.165) is 5.56 Å². The van der Waals surface area contributed by atoms with Gasteiger partial charge in [0, 0.05) is 17.6 Å². The second-order valence-corrected chi connectivity index (χ2v) is 6.03. The van der Waals surface area contributed by atoms with Crippen LogP contribution in [0.5, 0.6) is 5.75 Å². The van der Waals surface area contributed by atoms with Crippen LogP contribution >= 0.6 is 0 Å². The van der Waals surface area contributed by atoms with Gasteiger partial charge in [0.15, 0.2) is 0 Å². The van der Waals surface area contributed by atoms with Gasteiger partial charge in [-0.15, -0.1) is 5.73 Å². The number of aliphatic hydroxyl groups is 1. The Kier molecular flexibility index (Phi) is 7.07. The molecule has 1 unspecified atom stereocenters. The molecule has 0 saturated carbocycles. The van der Waals surface area contributed by atoms with Crippen molar-refractivity contribution in [2.45, 2.75) is 44.9 Å². The molecule has 1 rings (SSSR count). The number of benzene rings is 1. The van der Waals surface area contributed by atoms with E-state index in [-0.39, 0.29) is 23.7 Å². The van der Waals surface area contributed by atoms with Crippen LogP contribution in [-0.4, -0.2) is 36.6 Å². The lowest BCUT2D eigenvalue weighted by Gasteiger charge is -2.29. The summed E-state index contributed by atoms with van der Waals surface area (Å²) >= 11 is 0. The second kappa shape index (κ2) is 8.43. The number of carbonyl (C=O) groups excluding carboxylic acids is 1. The van der Waals surface area contributed by atoms with E-state index in [2.05, 4.69) is 17.0 Å². The molecule has 7 heteroatoms. The van der Waals surface area contributed by atoms with Crippen molar-refractivity contribution in [1.82, 2.24) is 0 Å². The van der Waals surface area contributed by atoms with Crippen LogP contribution < -0.4 is 4.74 Å². The highest BCUT2D eigenvalue weighted by Crippen LogP contribution is 2.40. The van der Waals surface area contributed by atoms with Crippen molar-refractivity contribution in [1.29, 1.82) is 0 Å². The average molecular weight is 372 g/mol. The maximum atomic E-state index is 13.4. The van der Waals surface area contributed by atoms with Crippen LogP contribution in [0.1, 0.15) is 44.2 Å². The van der Waals surface area contributed by atoms with E-state index in [1.54, 1.807) is 18.2 Å². The fourth-order valence-corrected chi connectivity index (χ4v) is 2.36. The van der Waals surface area contributed by atoms with E-state index >= 15 is 0 Å². The van der Waals surface area contributed by atoms with Crippen LogP contribution in [0, 0.1) is 0 Å². The first-order valence-electron chi connectivity index (χ1n) is 8.05. The lowest BCUT2D eigenvalue weighted by Crippen LogP contribution is -2.53. The van der Waals surface area contributed by atoms with Crippen molar-refractivity contribution in [2.24, 2.45) is 0 Å². The zero-order chi connectivity index (χ0) is 20.1. The molecule has 0 aliphatic rings. The summed E-state index contributed by atoms with van der Waals surface area (Å²) in [5.41, 5.74) is -0.240. The zero-order valence-corrected chi connectivity index (χ0v) is 15.2. The van der Waals surface area contributed by atoms with Crippen LogP contribution in [0.4, 0.5) is 13.2 Å². The van der Waals surface area contributed by atoms with Gasteiger partial charge in [0.05, 0.1) is 13.7 Å². The molecule has 0 spiro atoms. The lowest BCUT2D eigenvalue weighted by atomic mass is 9.89. The van der Waals surface area contributed by atoms with Crippen molar-refractivity contribution in [3.05, 3.63) is 41.6 Å². The summed E-state index contributed by atoms with van der Waals surface area (Å²) in [5, 5.41) is 10.1. The number of halogens is 3. The lowest BCUT2D eigenvalue weighted by molar-refractivity contribution is -0.260. The number of methoxy groups -OCH3 is 1. The summed E-state index contributed by atoms with van der Waals surface area (Å²) in [5.74, 6) is -1.28. The minimum atomic E-state index is -5.23. The van der Waals surface area contributed by atoms with E-state index in [0.29, 0.717) is 5.75 Å². The molecule has 0 radical (unpaired) electrons. The number of alkyl halides is 3. The molecule has 0 saturated heterocycles. The van der Waals surface area contributed by atoms with Gasteiger partial charge in [-0.3, -0.25) is 0 Å². The largest absolute Gasteiger partial charge is 0.496 e. The Labute approximate surface area is 150 Å². The quantitative estimate of drug-likeness (QED) is 0.575. The average Bonchev–Trinajstić information content (AvgIpc) is 2.58. The van der Waals surface area contributed by atoms with Crippen LogP contribution in [0.15, 0.2) is 30.5 Å². The van der Waals surface area contributed by atoms with Crippen LogP contribution in [0.3, 0.4) is 0 Å². The van der Waals surface area contributed by atoms with Gasteiger partial charge >= 0.3 is 12.1 Å². The predicted molar refractivity (Wildman–Crippen MR) is 91.9 cm³/mol. The first-order valence-corrected chi connectivity index (χ1v) is 8.05.